The summed E-state index contributed by atoms with van der Waals surface area (Å²) in [6.45, 7) is 2.39. The summed E-state index contributed by atoms with van der Waals surface area (Å²) in [6, 6.07) is 8.24. The summed E-state index contributed by atoms with van der Waals surface area (Å²) in [7, 11) is -3.55. The molecule has 0 amide bonds. The van der Waals surface area contributed by atoms with Crippen molar-refractivity contribution in [1.29, 1.82) is 0 Å². The van der Waals surface area contributed by atoms with Crippen LogP contribution < -0.4 is 0 Å². The van der Waals surface area contributed by atoms with Crippen LogP contribution in [0.25, 0.3) is 0 Å². The third-order valence-electron chi connectivity index (χ3n) is 2.27. The van der Waals surface area contributed by atoms with E-state index in [0.29, 0.717) is 0 Å². The van der Waals surface area contributed by atoms with Gasteiger partial charge in [-0.2, -0.15) is 8.42 Å². The molecule has 3 nitrogen and oxygen atoms in total. The molecule has 0 heterocycles. The van der Waals surface area contributed by atoms with Crippen molar-refractivity contribution in [1.82, 2.24) is 0 Å². The van der Waals surface area contributed by atoms with Crippen molar-refractivity contribution in [3.8, 4) is 0 Å². The topological polar surface area (TPSA) is 43.4 Å². The summed E-state index contributed by atoms with van der Waals surface area (Å²) in [6.07, 6.45) is 4.06. The van der Waals surface area contributed by atoms with Crippen LogP contribution in [0.3, 0.4) is 0 Å². The molecule has 0 atom stereocenters. The zero-order valence-electron chi connectivity index (χ0n) is 12.3. The maximum Gasteiger partial charge on any atom is 2.00 e. The summed E-state index contributed by atoms with van der Waals surface area (Å²) >= 11 is 0. The second-order valence-electron chi connectivity index (χ2n) is 3.65. The molecule has 0 bridgehead atoms. The Hall–Kier alpha value is 0.390. The van der Waals surface area contributed by atoms with E-state index in [0.717, 1.165) is 25.7 Å². The summed E-state index contributed by atoms with van der Waals surface area (Å²) in [5.41, 5.74) is 0. The SMILES string of the molecule is CCCCCCOS(=O)(=O)c1ccccc1.[Ca+2].[H-].[H-]. The van der Waals surface area contributed by atoms with Crippen molar-refractivity contribution in [2.45, 2.75) is 37.5 Å². The van der Waals surface area contributed by atoms with Crippen LogP contribution in [0.5, 0.6) is 0 Å². The molecule has 1 aromatic carbocycles. The molecule has 0 saturated carbocycles. The number of rotatable bonds is 7. The molecule has 0 aliphatic carbocycles. The molecule has 0 fully saturated rings. The van der Waals surface area contributed by atoms with E-state index in [4.69, 9.17) is 4.18 Å². The zero-order valence-corrected chi connectivity index (χ0v) is 13.3. The molecule has 1 rings (SSSR count). The van der Waals surface area contributed by atoms with E-state index >= 15 is 0 Å². The van der Waals surface area contributed by atoms with Crippen molar-refractivity contribution in [3.05, 3.63) is 30.3 Å². The Balaban J connectivity index is -0.000000853. The van der Waals surface area contributed by atoms with Crippen molar-refractivity contribution in [2.24, 2.45) is 0 Å². The van der Waals surface area contributed by atoms with Crippen LogP contribution in [-0.4, -0.2) is 52.8 Å². The Kier molecular flexibility index (Phi) is 9.55. The third-order valence-corrected chi connectivity index (χ3v) is 3.59. The fourth-order valence-corrected chi connectivity index (χ4v) is 2.32. The van der Waals surface area contributed by atoms with Crippen LogP contribution in [0.2, 0.25) is 0 Å². The van der Waals surface area contributed by atoms with Gasteiger partial charge < -0.3 is 2.85 Å². The van der Waals surface area contributed by atoms with Gasteiger partial charge in [-0.15, -0.1) is 0 Å². The predicted octanol–water partition coefficient (Wildman–Crippen LogP) is 2.82. The maximum absolute atomic E-state index is 11.6. The van der Waals surface area contributed by atoms with Crippen LogP contribution in [0.1, 0.15) is 35.5 Å². The molecule has 1 aromatic rings. The molecular formula is C12H20CaO3S. The molecule has 94 valence electrons. The van der Waals surface area contributed by atoms with Crippen molar-refractivity contribution >= 4 is 47.9 Å². The number of unbranched alkanes of at least 4 members (excludes halogenated alkanes) is 3. The molecule has 0 aliphatic rings. The second-order valence-corrected chi connectivity index (χ2v) is 5.27. The second kappa shape index (κ2) is 9.34. The molecule has 0 aliphatic heterocycles. The van der Waals surface area contributed by atoms with E-state index < -0.39 is 10.1 Å². The Morgan fingerprint density at radius 1 is 1.12 bits per heavy atom. The number of hydrogen-bond acceptors (Lipinski definition) is 3. The van der Waals surface area contributed by atoms with Gasteiger partial charge in [0, 0.05) is 0 Å². The van der Waals surface area contributed by atoms with E-state index in [9.17, 15) is 8.42 Å². The van der Waals surface area contributed by atoms with Crippen molar-refractivity contribution in [3.63, 3.8) is 0 Å². The Morgan fingerprint density at radius 3 is 2.35 bits per heavy atom. The molecule has 0 radical (unpaired) electrons. The third kappa shape index (κ3) is 6.77. The van der Waals surface area contributed by atoms with Gasteiger partial charge in [-0.1, -0.05) is 44.4 Å². The van der Waals surface area contributed by atoms with E-state index in [1.54, 1.807) is 30.3 Å². The van der Waals surface area contributed by atoms with Gasteiger partial charge in [-0.3, -0.25) is 4.18 Å². The molecule has 0 spiro atoms. The van der Waals surface area contributed by atoms with E-state index in [-0.39, 0.29) is 52.1 Å². The first-order valence-electron chi connectivity index (χ1n) is 5.61. The smallest absolute Gasteiger partial charge is 1.00 e. The minimum atomic E-state index is -3.55. The molecule has 17 heavy (non-hydrogen) atoms. The summed E-state index contributed by atoms with van der Waals surface area (Å²) in [5.74, 6) is 0. The van der Waals surface area contributed by atoms with Gasteiger partial charge in [0.25, 0.3) is 10.1 Å². The predicted molar refractivity (Wildman–Crippen MR) is 71.7 cm³/mol. The largest absolute Gasteiger partial charge is 2.00 e. The van der Waals surface area contributed by atoms with E-state index in [1.165, 1.54) is 0 Å². The van der Waals surface area contributed by atoms with Gasteiger partial charge in [0.05, 0.1) is 11.5 Å². The van der Waals surface area contributed by atoms with Gasteiger partial charge in [0.15, 0.2) is 0 Å². The Bertz CT molecular complexity index is 399. The fraction of sp³-hybridized carbons (Fsp3) is 0.500. The van der Waals surface area contributed by atoms with Crippen LogP contribution in [0.15, 0.2) is 35.2 Å². The quantitative estimate of drug-likeness (QED) is 0.439. The van der Waals surface area contributed by atoms with Gasteiger partial charge in [-0.25, -0.2) is 0 Å². The van der Waals surface area contributed by atoms with Crippen LogP contribution >= 0.6 is 0 Å². The minimum Gasteiger partial charge on any atom is -1.00 e. The first-order valence-corrected chi connectivity index (χ1v) is 7.02. The minimum absolute atomic E-state index is 0. The van der Waals surface area contributed by atoms with E-state index in [1.807, 2.05) is 0 Å². The van der Waals surface area contributed by atoms with Crippen molar-refractivity contribution < 1.29 is 15.5 Å². The summed E-state index contributed by atoms with van der Waals surface area (Å²) < 4.78 is 28.2. The molecule has 0 unspecified atom stereocenters. The van der Waals surface area contributed by atoms with Crippen LogP contribution in [0.4, 0.5) is 0 Å². The van der Waals surface area contributed by atoms with Crippen LogP contribution in [0, 0.1) is 0 Å². The number of hydrogen-bond donors (Lipinski definition) is 0. The Labute approximate surface area is 137 Å². The van der Waals surface area contributed by atoms with Gasteiger partial charge >= 0.3 is 37.7 Å². The Morgan fingerprint density at radius 2 is 1.76 bits per heavy atom. The first kappa shape index (κ1) is 17.4. The maximum atomic E-state index is 11.6. The number of benzene rings is 1. The summed E-state index contributed by atoms with van der Waals surface area (Å²) in [5, 5.41) is 0. The van der Waals surface area contributed by atoms with E-state index in [2.05, 4.69) is 6.92 Å². The van der Waals surface area contributed by atoms with Gasteiger partial charge in [0.1, 0.15) is 0 Å². The monoisotopic (exact) mass is 284 g/mol. The molecule has 0 saturated heterocycles. The molecular weight excluding hydrogens is 264 g/mol. The zero-order chi connectivity index (χ0) is 11.9. The van der Waals surface area contributed by atoms with Gasteiger partial charge in [-0.05, 0) is 18.6 Å². The van der Waals surface area contributed by atoms with Crippen molar-refractivity contribution in [2.75, 3.05) is 6.61 Å². The van der Waals surface area contributed by atoms with Crippen LogP contribution in [-0.2, 0) is 14.3 Å². The van der Waals surface area contributed by atoms with Gasteiger partial charge in [0.2, 0.25) is 0 Å². The molecule has 0 N–H and O–H groups in total. The normalized spacial score (nSPS) is 10.9. The standard InChI is InChI=1S/C12H18O3S.Ca.2H/c1-2-3-4-8-11-15-16(13,14)12-9-6-5-7-10-12;;;/h5-7,9-10H,2-4,8,11H2,1H3;;;/q;+2;2*-1. The molecule has 0 aromatic heterocycles. The molecule has 5 heteroatoms. The average molecular weight is 284 g/mol. The average Bonchev–Trinajstić information content (AvgIpc) is 2.30. The summed E-state index contributed by atoms with van der Waals surface area (Å²) in [4.78, 5) is 0.227. The fourth-order valence-electron chi connectivity index (χ4n) is 1.35. The first-order chi connectivity index (χ1) is 7.67.